The monoisotopic (exact) mass is 386 g/mol. The molecule has 5 nitrogen and oxygen atoms in total. The molecule has 0 spiro atoms. The highest BCUT2D eigenvalue weighted by atomic mass is 32.2. The van der Waals surface area contributed by atoms with Crippen LogP contribution in [0.15, 0.2) is 59.5 Å². The van der Waals surface area contributed by atoms with E-state index in [-0.39, 0.29) is 16.8 Å². The summed E-state index contributed by atoms with van der Waals surface area (Å²) in [6.45, 7) is 3.17. The topological polar surface area (TPSA) is 66.5 Å². The Labute approximate surface area is 161 Å². The molecule has 1 amide bonds. The van der Waals surface area contributed by atoms with Crippen LogP contribution < -0.4 is 5.32 Å². The first kappa shape index (κ1) is 19.6. The van der Waals surface area contributed by atoms with Crippen molar-refractivity contribution in [3.8, 4) is 0 Å². The predicted octanol–water partition coefficient (Wildman–Crippen LogP) is 3.74. The summed E-state index contributed by atoms with van der Waals surface area (Å²) in [4.78, 5) is 13.0. The minimum atomic E-state index is -3.53. The standard InChI is InChI=1S/C21H26N2O3S/c1-2-9-20(17-10-4-3-5-11-17)22-21(24)18-12-8-13-19(16-18)27(25,26)23-14-6-7-15-23/h3-5,8,10-13,16,20H,2,6-7,9,14-15H2,1H3,(H,22,24)/t20-/m1/s1. The van der Waals surface area contributed by atoms with Gasteiger partial charge in [0.25, 0.3) is 5.91 Å². The van der Waals surface area contributed by atoms with Gasteiger partial charge in [-0.05, 0) is 43.0 Å². The van der Waals surface area contributed by atoms with Crippen molar-refractivity contribution in [2.24, 2.45) is 0 Å². The smallest absolute Gasteiger partial charge is 0.251 e. The molecular weight excluding hydrogens is 360 g/mol. The minimum absolute atomic E-state index is 0.0949. The zero-order valence-electron chi connectivity index (χ0n) is 15.6. The van der Waals surface area contributed by atoms with Crippen molar-refractivity contribution < 1.29 is 13.2 Å². The van der Waals surface area contributed by atoms with Gasteiger partial charge in [0.2, 0.25) is 10.0 Å². The first-order valence-corrected chi connectivity index (χ1v) is 10.9. The fourth-order valence-corrected chi connectivity index (χ4v) is 4.98. The van der Waals surface area contributed by atoms with E-state index in [0.29, 0.717) is 18.7 Å². The molecule has 27 heavy (non-hydrogen) atoms. The van der Waals surface area contributed by atoms with Crippen molar-refractivity contribution in [2.45, 2.75) is 43.5 Å². The summed E-state index contributed by atoms with van der Waals surface area (Å²) in [6, 6.07) is 16.1. The van der Waals surface area contributed by atoms with Crippen LogP contribution in [0.2, 0.25) is 0 Å². The lowest BCUT2D eigenvalue weighted by Crippen LogP contribution is -2.30. The van der Waals surface area contributed by atoms with Gasteiger partial charge in [0, 0.05) is 18.7 Å². The number of hydrogen-bond acceptors (Lipinski definition) is 3. The van der Waals surface area contributed by atoms with Crippen molar-refractivity contribution in [3.05, 3.63) is 65.7 Å². The average Bonchev–Trinajstić information content (AvgIpc) is 3.24. The number of nitrogens with zero attached hydrogens (tertiary/aromatic N) is 1. The Bertz CT molecular complexity index is 875. The Balaban J connectivity index is 1.80. The summed E-state index contributed by atoms with van der Waals surface area (Å²) in [7, 11) is -3.53. The molecule has 1 aliphatic heterocycles. The summed E-state index contributed by atoms with van der Waals surface area (Å²) in [5.74, 6) is -0.254. The van der Waals surface area contributed by atoms with Gasteiger partial charge in [-0.15, -0.1) is 0 Å². The molecule has 0 aromatic heterocycles. The van der Waals surface area contributed by atoms with Gasteiger partial charge in [-0.25, -0.2) is 8.42 Å². The fourth-order valence-electron chi connectivity index (χ4n) is 3.41. The van der Waals surface area contributed by atoms with E-state index in [1.807, 2.05) is 30.3 Å². The van der Waals surface area contributed by atoms with Gasteiger partial charge in [0.15, 0.2) is 0 Å². The molecule has 0 unspecified atom stereocenters. The van der Waals surface area contributed by atoms with E-state index >= 15 is 0 Å². The summed E-state index contributed by atoms with van der Waals surface area (Å²) >= 11 is 0. The SMILES string of the molecule is CCC[C@@H](NC(=O)c1cccc(S(=O)(=O)N2CCCC2)c1)c1ccccc1. The van der Waals surface area contributed by atoms with Crippen LogP contribution >= 0.6 is 0 Å². The van der Waals surface area contributed by atoms with Crippen LogP contribution in [0.25, 0.3) is 0 Å². The molecule has 0 bridgehead atoms. The molecule has 3 rings (SSSR count). The number of benzene rings is 2. The maximum atomic E-state index is 12.8. The number of nitrogens with one attached hydrogen (secondary N) is 1. The van der Waals surface area contributed by atoms with Crippen molar-refractivity contribution in [3.63, 3.8) is 0 Å². The lowest BCUT2D eigenvalue weighted by Gasteiger charge is -2.19. The highest BCUT2D eigenvalue weighted by Gasteiger charge is 2.27. The zero-order valence-corrected chi connectivity index (χ0v) is 16.4. The number of sulfonamides is 1. The third kappa shape index (κ3) is 4.57. The largest absolute Gasteiger partial charge is 0.345 e. The molecule has 1 aliphatic rings. The van der Waals surface area contributed by atoms with Gasteiger partial charge in [-0.2, -0.15) is 4.31 Å². The van der Waals surface area contributed by atoms with Crippen molar-refractivity contribution in [1.29, 1.82) is 0 Å². The van der Waals surface area contributed by atoms with Gasteiger partial charge < -0.3 is 5.32 Å². The van der Waals surface area contributed by atoms with E-state index in [4.69, 9.17) is 0 Å². The lowest BCUT2D eigenvalue weighted by molar-refractivity contribution is 0.0934. The van der Waals surface area contributed by atoms with Gasteiger partial charge in [0.1, 0.15) is 0 Å². The molecule has 1 atom stereocenters. The Hall–Kier alpha value is -2.18. The van der Waals surface area contributed by atoms with E-state index in [0.717, 1.165) is 31.2 Å². The normalized spacial score (nSPS) is 16.2. The van der Waals surface area contributed by atoms with E-state index in [1.165, 1.54) is 10.4 Å². The van der Waals surface area contributed by atoms with E-state index < -0.39 is 10.0 Å². The van der Waals surface area contributed by atoms with Crippen LogP contribution in [0.4, 0.5) is 0 Å². The highest BCUT2D eigenvalue weighted by Crippen LogP contribution is 2.23. The molecule has 1 fully saturated rings. The van der Waals surface area contributed by atoms with Gasteiger partial charge in [-0.1, -0.05) is 49.7 Å². The predicted molar refractivity (Wildman–Crippen MR) is 106 cm³/mol. The van der Waals surface area contributed by atoms with Crippen LogP contribution in [-0.2, 0) is 10.0 Å². The van der Waals surface area contributed by atoms with Crippen LogP contribution in [0, 0.1) is 0 Å². The molecule has 1 saturated heterocycles. The van der Waals surface area contributed by atoms with Crippen LogP contribution in [0.1, 0.15) is 54.6 Å². The molecule has 2 aromatic rings. The Morgan fingerprint density at radius 3 is 2.44 bits per heavy atom. The molecule has 2 aromatic carbocycles. The molecule has 6 heteroatoms. The maximum Gasteiger partial charge on any atom is 0.251 e. The third-order valence-electron chi connectivity index (χ3n) is 4.88. The molecule has 144 valence electrons. The number of rotatable bonds is 7. The second kappa shape index (κ2) is 8.67. The van der Waals surface area contributed by atoms with Crippen LogP contribution in [0.5, 0.6) is 0 Å². The second-order valence-corrected chi connectivity index (χ2v) is 8.80. The lowest BCUT2D eigenvalue weighted by atomic mass is 10.0. The van der Waals surface area contributed by atoms with Crippen molar-refractivity contribution >= 4 is 15.9 Å². The number of hydrogen-bond donors (Lipinski definition) is 1. The Kier molecular flexibility index (Phi) is 6.29. The summed E-state index contributed by atoms with van der Waals surface area (Å²) in [5.41, 5.74) is 1.42. The molecule has 0 radical (unpaired) electrons. The fraction of sp³-hybridized carbons (Fsp3) is 0.381. The van der Waals surface area contributed by atoms with Gasteiger partial charge in [-0.3, -0.25) is 4.79 Å². The number of carbonyl (C=O) groups excluding carboxylic acids is 1. The average molecular weight is 387 g/mol. The quantitative estimate of drug-likeness (QED) is 0.788. The van der Waals surface area contributed by atoms with Crippen LogP contribution in [0.3, 0.4) is 0 Å². The Morgan fingerprint density at radius 2 is 1.78 bits per heavy atom. The molecule has 1 heterocycles. The molecular formula is C21H26N2O3S. The van der Waals surface area contributed by atoms with E-state index in [1.54, 1.807) is 18.2 Å². The first-order chi connectivity index (χ1) is 13.0. The van der Waals surface area contributed by atoms with Crippen molar-refractivity contribution in [1.82, 2.24) is 9.62 Å². The van der Waals surface area contributed by atoms with Crippen LogP contribution in [-0.4, -0.2) is 31.7 Å². The second-order valence-electron chi connectivity index (χ2n) is 6.86. The number of amides is 1. The van der Waals surface area contributed by atoms with Gasteiger partial charge in [0.05, 0.1) is 10.9 Å². The zero-order chi connectivity index (χ0) is 19.3. The maximum absolute atomic E-state index is 12.8. The first-order valence-electron chi connectivity index (χ1n) is 9.48. The molecule has 0 aliphatic carbocycles. The van der Waals surface area contributed by atoms with Gasteiger partial charge >= 0.3 is 0 Å². The summed E-state index contributed by atoms with van der Waals surface area (Å²) in [6.07, 6.45) is 3.52. The van der Waals surface area contributed by atoms with E-state index in [2.05, 4.69) is 12.2 Å². The summed E-state index contributed by atoms with van der Waals surface area (Å²) in [5, 5.41) is 3.05. The summed E-state index contributed by atoms with van der Waals surface area (Å²) < 4.78 is 27.0. The third-order valence-corrected chi connectivity index (χ3v) is 6.78. The molecule has 0 saturated carbocycles. The van der Waals surface area contributed by atoms with Crippen molar-refractivity contribution in [2.75, 3.05) is 13.1 Å². The number of carbonyl (C=O) groups is 1. The van der Waals surface area contributed by atoms with E-state index in [9.17, 15) is 13.2 Å². The molecule has 1 N–H and O–H groups in total. The minimum Gasteiger partial charge on any atom is -0.345 e. The Morgan fingerprint density at radius 1 is 1.07 bits per heavy atom. The highest BCUT2D eigenvalue weighted by molar-refractivity contribution is 7.89.